The summed E-state index contributed by atoms with van der Waals surface area (Å²) in [5.74, 6) is 2.55. The van der Waals surface area contributed by atoms with E-state index in [1.807, 2.05) is 0 Å². The molecular weight excluding hydrogens is 262 g/mol. The maximum Gasteiger partial charge on any atom is 0.161 e. The van der Waals surface area contributed by atoms with E-state index in [-0.39, 0.29) is 0 Å². The SMILES string of the molecule is CC(CCNC(C)C)CCc1ccc2c(c1)OCCCO2. The molecule has 0 radical (unpaired) electrons. The number of ether oxygens (including phenoxy) is 2. The highest BCUT2D eigenvalue weighted by atomic mass is 16.5. The minimum absolute atomic E-state index is 0.582. The molecule has 21 heavy (non-hydrogen) atoms. The van der Waals surface area contributed by atoms with Gasteiger partial charge in [-0.2, -0.15) is 0 Å². The predicted molar refractivity (Wildman–Crippen MR) is 87.3 cm³/mol. The highest BCUT2D eigenvalue weighted by Crippen LogP contribution is 2.31. The van der Waals surface area contributed by atoms with Crippen molar-refractivity contribution < 1.29 is 9.47 Å². The van der Waals surface area contributed by atoms with E-state index in [1.54, 1.807) is 0 Å². The molecule has 118 valence electrons. The van der Waals surface area contributed by atoms with E-state index in [1.165, 1.54) is 18.4 Å². The third kappa shape index (κ3) is 5.58. The Labute approximate surface area is 129 Å². The molecule has 0 saturated carbocycles. The number of nitrogens with one attached hydrogen (secondary N) is 1. The van der Waals surface area contributed by atoms with Crippen LogP contribution in [0.15, 0.2) is 18.2 Å². The molecule has 1 unspecified atom stereocenters. The van der Waals surface area contributed by atoms with Crippen molar-refractivity contribution in [1.82, 2.24) is 5.32 Å². The summed E-state index contributed by atoms with van der Waals surface area (Å²) >= 11 is 0. The second-order valence-electron chi connectivity index (χ2n) is 6.37. The van der Waals surface area contributed by atoms with Gasteiger partial charge in [0.1, 0.15) is 0 Å². The molecular formula is C18H29NO2. The maximum atomic E-state index is 5.75. The van der Waals surface area contributed by atoms with Crippen LogP contribution in [0.5, 0.6) is 11.5 Å². The smallest absolute Gasteiger partial charge is 0.161 e. The fourth-order valence-electron chi connectivity index (χ4n) is 2.54. The first kappa shape index (κ1) is 16.2. The fourth-order valence-corrected chi connectivity index (χ4v) is 2.54. The molecule has 2 rings (SSSR count). The number of fused-ring (bicyclic) bond motifs is 1. The van der Waals surface area contributed by atoms with E-state index in [9.17, 15) is 0 Å². The van der Waals surface area contributed by atoms with Crippen molar-refractivity contribution in [3.63, 3.8) is 0 Å². The molecule has 1 heterocycles. The second kappa shape index (κ2) is 8.28. The number of hydrogen-bond donors (Lipinski definition) is 1. The molecule has 0 aromatic heterocycles. The third-order valence-electron chi connectivity index (χ3n) is 3.93. The molecule has 0 amide bonds. The highest BCUT2D eigenvalue weighted by molar-refractivity contribution is 5.43. The maximum absolute atomic E-state index is 5.75. The normalized spacial score (nSPS) is 15.8. The van der Waals surface area contributed by atoms with Crippen LogP contribution in [0.25, 0.3) is 0 Å². The van der Waals surface area contributed by atoms with E-state index in [0.717, 1.165) is 50.0 Å². The van der Waals surface area contributed by atoms with E-state index in [0.29, 0.717) is 6.04 Å². The number of hydrogen-bond acceptors (Lipinski definition) is 3. The van der Waals surface area contributed by atoms with Gasteiger partial charge in [0.25, 0.3) is 0 Å². The number of aryl methyl sites for hydroxylation is 1. The first-order valence-electron chi connectivity index (χ1n) is 8.27. The average molecular weight is 291 g/mol. The van der Waals surface area contributed by atoms with Crippen LogP contribution in [0, 0.1) is 5.92 Å². The Morgan fingerprint density at radius 3 is 2.57 bits per heavy atom. The summed E-state index contributed by atoms with van der Waals surface area (Å²) in [6.07, 6.45) is 4.53. The summed E-state index contributed by atoms with van der Waals surface area (Å²) in [4.78, 5) is 0. The van der Waals surface area contributed by atoms with E-state index < -0.39 is 0 Å². The van der Waals surface area contributed by atoms with Gasteiger partial charge in [0.05, 0.1) is 13.2 Å². The summed E-state index contributed by atoms with van der Waals surface area (Å²) in [5.41, 5.74) is 1.35. The molecule has 1 N–H and O–H groups in total. The molecule has 0 fully saturated rings. The average Bonchev–Trinajstić information content (AvgIpc) is 2.69. The Kier molecular flexibility index (Phi) is 6.37. The minimum atomic E-state index is 0.582. The van der Waals surface area contributed by atoms with Crippen LogP contribution >= 0.6 is 0 Å². The summed E-state index contributed by atoms with van der Waals surface area (Å²) in [6.45, 7) is 9.36. The lowest BCUT2D eigenvalue weighted by Crippen LogP contribution is -2.24. The first-order valence-corrected chi connectivity index (χ1v) is 8.27. The first-order chi connectivity index (χ1) is 10.1. The van der Waals surface area contributed by atoms with E-state index in [2.05, 4.69) is 44.3 Å². The number of benzene rings is 1. The van der Waals surface area contributed by atoms with Gasteiger partial charge in [0, 0.05) is 12.5 Å². The summed E-state index contributed by atoms with van der Waals surface area (Å²) in [5, 5.41) is 3.49. The van der Waals surface area contributed by atoms with Gasteiger partial charge >= 0.3 is 0 Å². The van der Waals surface area contributed by atoms with Crippen LogP contribution in [0.3, 0.4) is 0 Å². The van der Waals surface area contributed by atoms with Crippen molar-refractivity contribution in [2.45, 2.75) is 52.5 Å². The van der Waals surface area contributed by atoms with Gasteiger partial charge < -0.3 is 14.8 Å². The van der Waals surface area contributed by atoms with E-state index >= 15 is 0 Å². The fraction of sp³-hybridized carbons (Fsp3) is 0.667. The molecule has 3 heteroatoms. The molecule has 0 saturated heterocycles. The molecule has 1 atom stereocenters. The standard InChI is InChI=1S/C18H29NO2/c1-14(2)19-10-9-15(3)5-6-16-7-8-17-18(13-16)21-12-4-11-20-17/h7-8,13-15,19H,4-6,9-12H2,1-3H3. The Balaban J connectivity index is 1.79. The quantitative estimate of drug-likeness (QED) is 0.829. The largest absolute Gasteiger partial charge is 0.490 e. The molecule has 1 aliphatic rings. The zero-order valence-corrected chi connectivity index (χ0v) is 13.7. The third-order valence-corrected chi connectivity index (χ3v) is 3.93. The zero-order valence-electron chi connectivity index (χ0n) is 13.7. The van der Waals surface area contributed by atoms with Crippen molar-refractivity contribution in [3.05, 3.63) is 23.8 Å². The molecule has 0 bridgehead atoms. The van der Waals surface area contributed by atoms with Gasteiger partial charge in [-0.05, 0) is 49.4 Å². The molecule has 1 aromatic carbocycles. The zero-order chi connectivity index (χ0) is 15.1. The van der Waals surface area contributed by atoms with Crippen LogP contribution in [-0.4, -0.2) is 25.8 Å². The molecule has 1 aliphatic heterocycles. The summed E-state index contributed by atoms with van der Waals surface area (Å²) < 4.78 is 11.4. The minimum Gasteiger partial charge on any atom is -0.490 e. The van der Waals surface area contributed by atoms with Gasteiger partial charge in [-0.3, -0.25) is 0 Å². The Morgan fingerprint density at radius 1 is 1.05 bits per heavy atom. The van der Waals surface area contributed by atoms with Gasteiger partial charge in [-0.15, -0.1) is 0 Å². The lowest BCUT2D eigenvalue weighted by molar-refractivity contribution is 0.297. The van der Waals surface area contributed by atoms with Gasteiger partial charge in [0.2, 0.25) is 0 Å². The van der Waals surface area contributed by atoms with Crippen molar-refractivity contribution >= 4 is 0 Å². The summed E-state index contributed by atoms with van der Waals surface area (Å²) in [6, 6.07) is 6.96. The molecule has 1 aromatic rings. The predicted octanol–water partition coefficient (Wildman–Crippen LogP) is 3.80. The van der Waals surface area contributed by atoms with Crippen LogP contribution in [0.1, 0.15) is 45.6 Å². The molecule has 0 spiro atoms. The van der Waals surface area contributed by atoms with Crippen molar-refractivity contribution in [2.75, 3.05) is 19.8 Å². The lowest BCUT2D eigenvalue weighted by Gasteiger charge is -2.14. The van der Waals surface area contributed by atoms with Crippen LogP contribution in [-0.2, 0) is 6.42 Å². The van der Waals surface area contributed by atoms with E-state index in [4.69, 9.17) is 9.47 Å². The second-order valence-corrected chi connectivity index (χ2v) is 6.37. The molecule has 0 aliphatic carbocycles. The Morgan fingerprint density at radius 2 is 1.81 bits per heavy atom. The van der Waals surface area contributed by atoms with Crippen LogP contribution < -0.4 is 14.8 Å². The van der Waals surface area contributed by atoms with Crippen LogP contribution in [0.2, 0.25) is 0 Å². The van der Waals surface area contributed by atoms with Crippen molar-refractivity contribution in [3.8, 4) is 11.5 Å². The van der Waals surface area contributed by atoms with Gasteiger partial charge in [0.15, 0.2) is 11.5 Å². The van der Waals surface area contributed by atoms with Crippen LogP contribution in [0.4, 0.5) is 0 Å². The van der Waals surface area contributed by atoms with Gasteiger partial charge in [-0.1, -0.05) is 26.8 Å². The van der Waals surface area contributed by atoms with Crippen molar-refractivity contribution in [1.29, 1.82) is 0 Å². The topological polar surface area (TPSA) is 30.5 Å². The monoisotopic (exact) mass is 291 g/mol. The summed E-state index contributed by atoms with van der Waals surface area (Å²) in [7, 11) is 0. The van der Waals surface area contributed by atoms with Crippen molar-refractivity contribution in [2.24, 2.45) is 5.92 Å². The molecule has 3 nitrogen and oxygen atoms in total. The lowest BCUT2D eigenvalue weighted by atomic mass is 9.98. The Hall–Kier alpha value is -1.22. The highest BCUT2D eigenvalue weighted by Gasteiger charge is 2.11. The van der Waals surface area contributed by atoms with Gasteiger partial charge in [-0.25, -0.2) is 0 Å². The Bertz CT molecular complexity index is 431. The number of rotatable bonds is 7.